The van der Waals surface area contributed by atoms with E-state index in [2.05, 4.69) is 0 Å². The van der Waals surface area contributed by atoms with Crippen molar-refractivity contribution in [1.82, 2.24) is 6.15 Å². The third-order valence-corrected chi connectivity index (χ3v) is 2.15. The van der Waals surface area contributed by atoms with E-state index in [4.69, 9.17) is 11.6 Å². The van der Waals surface area contributed by atoms with E-state index in [0.717, 1.165) is 12.2 Å². The molecule has 0 aliphatic heterocycles. The number of halogens is 4. The highest BCUT2D eigenvalue weighted by atomic mass is 35.5. The summed E-state index contributed by atoms with van der Waals surface area (Å²) in [5, 5.41) is -2.69. The van der Waals surface area contributed by atoms with Gasteiger partial charge >= 0.3 is 0 Å². The van der Waals surface area contributed by atoms with Crippen molar-refractivity contribution in [2.75, 3.05) is 0 Å². The predicted octanol–water partition coefficient (Wildman–Crippen LogP) is 2.57. The monoisotopic (exact) mass is 183 g/mol. The molecule has 0 aromatic rings. The van der Waals surface area contributed by atoms with Crippen LogP contribution in [0.25, 0.3) is 0 Å². The van der Waals surface area contributed by atoms with Crippen LogP contribution in [0.15, 0.2) is 23.6 Å². The van der Waals surface area contributed by atoms with Crippen molar-refractivity contribution >= 4 is 11.6 Å². The minimum absolute atomic E-state index is 0. The van der Waals surface area contributed by atoms with Crippen LogP contribution in [0.4, 0.5) is 13.2 Å². The number of fused-ring (bicyclic) bond motifs is 1. The molecule has 0 aromatic carbocycles. The highest BCUT2D eigenvalue weighted by molar-refractivity contribution is 6.27. The van der Waals surface area contributed by atoms with Gasteiger partial charge in [-0.1, -0.05) is 17.7 Å². The summed E-state index contributed by atoms with van der Waals surface area (Å²) < 4.78 is 37.8. The van der Waals surface area contributed by atoms with Crippen LogP contribution in [0.2, 0.25) is 0 Å². The van der Waals surface area contributed by atoms with Crippen LogP contribution in [0.5, 0.6) is 0 Å². The van der Waals surface area contributed by atoms with Crippen LogP contribution in [-0.2, 0) is 0 Å². The molecule has 0 fully saturated rings. The molecule has 0 aromatic heterocycles. The highest BCUT2D eigenvalue weighted by Crippen LogP contribution is 2.63. The molecule has 2 unspecified atom stereocenters. The lowest BCUT2D eigenvalue weighted by Gasteiger charge is -2.14. The molecule has 0 saturated heterocycles. The molecular formula is C6H5ClF3N. The second-order valence-corrected chi connectivity index (χ2v) is 2.89. The maximum Gasteiger partial charge on any atom is 0.246 e. The number of alkyl halides is 3. The molecule has 5 heteroatoms. The number of allylic oxidation sites excluding steroid dienone is 4. The van der Waals surface area contributed by atoms with E-state index in [9.17, 15) is 13.2 Å². The molecule has 0 amide bonds. The molecule has 62 valence electrons. The summed E-state index contributed by atoms with van der Waals surface area (Å²) in [6.07, 6.45) is 1.84. The van der Waals surface area contributed by atoms with Crippen LogP contribution in [-0.4, -0.2) is 10.8 Å². The molecular weight excluding hydrogens is 179 g/mol. The van der Waals surface area contributed by atoms with Gasteiger partial charge in [0.15, 0.2) is 5.83 Å². The molecule has 2 atom stereocenters. The summed E-state index contributed by atoms with van der Waals surface area (Å²) >= 11 is 4.99. The van der Waals surface area contributed by atoms with E-state index in [0.29, 0.717) is 0 Å². The first kappa shape index (κ1) is 8.62. The summed E-state index contributed by atoms with van der Waals surface area (Å²) in [5.74, 6) is -1.08. The maximum absolute atomic E-state index is 12.8. The summed E-state index contributed by atoms with van der Waals surface area (Å²) in [7, 11) is 0. The van der Waals surface area contributed by atoms with Gasteiger partial charge in [0.2, 0.25) is 10.8 Å². The van der Waals surface area contributed by atoms with Gasteiger partial charge in [0, 0.05) is 5.57 Å². The van der Waals surface area contributed by atoms with E-state index in [1.54, 1.807) is 0 Å². The Bertz CT molecular complexity index is 271. The fourth-order valence-corrected chi connectivity index (χ4v) is 1.31. The van der Waals surface area contributed by atoms with Crippen molar-refractivity contribution in [3.8, 4) is 0 Å². The molecule has 2 aliphatic rings. The van der Waals surface area contributed by atoms with Gasteiger partial charge in [0.25, 0.3) is 0 Å². The van der Waals surface area contributed by atoms with Gasteiger partial charge < -0.3 is 6.15 Å². The third kappa shape index (κ3) is 0.662. The van der Waals surface area contributed by atoms with Crippen LogP contribution in [0.1, 0.15) is 0 Å². The molecule has 0 spiro atoms. The summed E-state index contributed by atoms with van der Waals surface area (Å²) in [6, 6.07) is 0. The van der Waals surface area contributed by atoms with Crippen LogP contribution < -0.4 is 6.15 Å². The second-order valence-electron chi connectivity index (χ2n) is 2.34. The highest BCUT2D eigenvalue weighted by Gasteiger charge is 2.71. The van der Waals surface area contributed by atoms with Crippen molar-refractivity contribution in [2.24, 2.45) is 0 Å². The zero-order valence-electron chi connectivity index (χ0n) is 5.37. The topological polar surface area (TPSA) is 35.0 Å². The SMILES string of the molecule is FC1=C2C=CC(F)(Cl)C12F.N. The average Bonchev–Trinajstić information content (AvgIpc) is 2.24. The number of hydrogen-bond acceptors (Lipinski definition) is 1. The lowest BCUT2D eigenvalue weighted by molar-refractivity contribution is 0.154. The zero-order chi connectivity index (χ0) is 7.57. The molecule has 2 rings (SSSR count). The average molecular weight is 184 g/mol. The summed E-state index contributed by atoms with van der Waals surface area (Å²) in [4.78, 5) is 0. The third-order valence-electron chi connectivity index (χ3n) is 1.77. The zero-order valence-corrected chi connectivity index (χ0v) is 6.13. The van der Waals surface area contributed by atoms with Gasteiger partial charge in [-0.15, -0.1) is 0 Å². The Hall–Kier alpha value is -0.480. The van der Waals surface area contributed by atoms with E-state index in [-0.39, 0.29) is 11.7 Å². The normalized spacial score (nSPS) is 45.5. The van der Waals surface area contributed by atoms with Crippen molar-refractivity contribution < 1.29 is 13.2 Å². The maximum atomic E-state index is 12.8. The first-order chi connectivity index (χ1) is 4.50. The minimum Gasteiger partial charge on any atom is -0.344 e. The molecule has 0 heterocycles. The lowest BCUT2D eigenvalue weighted by Crippen LogP contribution is -2.29. The van der Waals surface area contributed by atoms with Crippen molar-refractivity contribution in [3.05, 3.63) is 23.6 Å². The van der Waals surface area contributed by atoms with Gasteiger partial charge in [0.1, 0.15) is 0 Å². The molecule has 1 nitrogen and oxygen atoms in total. The van der Waals surface area contributed by atoms with E-state index in [1.165, 1.54) is 0 Å². The van der Waals surface area contributed by atoms with Crippen molar-refractivity contribution in [3.63, 3.8) is 0 Å². The number of hydrogen-bond donors (Lipinski definition) is 1. The smallest absolute Gasteiger partial charge is 0.246 e. The van der Waals surface area contributed by atoms with Crippen molar-refractivity contribution in [1.29, 1.82) is 0 Å². The van der Waals surface area contributed by atoms with Crippen LogP contribution in [0, 0.1) is 0 Å². The first-order valence-corrected chi connectivity index (χ1v) is 3.04. The Balaban J connectivity index is 0.000000605. The Morgan fingerprint density at radius 2 is 1.91 bits per heavy atom. The van der Waals surface area contributed by atoms with Gasteiger partial charge in [-0.2, -0.15) is 0 Å². The first-order valence-electron chi connectivity index (χ1n) is 2.67. The second kappa shape index (κ2) is 1.81. The van der Waals surface area contributed by atoms with Gasteiger partial charge in [0.05, 0.1) is 0 Å². The quantitative estimate of drug-likeness (QED) is 0.576. The largest absolute Gasteiger partial charge is 0.344 e. The summed E-state index contributed by atoms with van der Waals surface area (Å²) in [6.45, 7) is 0. The Morgan fingerprint density at radius 1 is 1.36 bits per heavy atom. The van der Waals surface area contributed by atoms with E-state index < -0.39 is 16.6 Å². The van der Waals surface area contributed by atoms with Crippen LogP contribution in [0.3, 0.4) is 0 Å². The fourth-order valence-electron chi connectivity index (χ4n) is 1.06. The Kier molecular flexibility index (Phi) is 1.42. The lowest BCUT2D eigenvalue weighted by atomic mass is 10.2. The molecule has 2 aliphatic carbocycles. The Labute approximate surface area is 66.1 Å². The molecule has 0 saturated carbocycles. The molecule has 3 N–H and O–H groups in total. The molecule has 11 heavy (non-hydrogen) atoms. The minimum atomic E-state index is -2.69. The number of rotatable bonds is 0. The van der Waals surface area contributed by atoms with Gasteiger partial charge in [-0.05, 0) is 6.08 Å². The summed E-state index contributed by atoms with van der Waals surface area (Å²) in [5.41, 5.74) is -2.89. The van der Waals surface area contributed by atoms with E-state index in [1.807, 2.05) is 0 Å². The fraction of sp³-hybridized carbons (Fsp3) is 0.333. The van der Waals surface area contributed by atoms with Crippen molar-refractivity contribution in [2.45, 2.75) is 10.8 Å². The molecule has 0 bridgehead atoms. The van der Waals surface area contributed by atoms with E-state index >= 15 is 0 Å². The van der Waals surface area contributed by atoms with Gasteiger partial charge in [-0.25, -0.2) is 13.2 Å². The predicted molar refractivity (Wildman–Crippen MR) is 35.8 cm³/mol. The standard InChI is InChI=1S/C6H2ClF3.H3N/c7-5(9)2-1-3-4(8)6(3,5)10;/h1-2H;1H3. The van der Waals surface area contributed by atoms with Crippen LogP contribution >= 0.6 is 11.6 Å². The Morgan fingerprint density at radius 3 is 2.09 bits per heavy atom. The van der Waals surface area contributed by atoms with Gasteiger partial charge in [-0.3, -0.25) is 0 Å². The molecule has 0 radical (unpaired) electrons.